The number of nitrogens with one attached hydrogen (secondary N) is 3. The molecule has 2 aliphatic heterocycles. The number of H-pyrrole nitrogens is 1. The standard InChI is InChI=1S/C27H30Cl2N4O5/c28-14-7-19(29)17-9-22(31-21(17)8-14)27(38)33-10-18-15-5-13(15)6-16(18)24(33)26(37)32-20(23(35)11-34)2-1-12-3-4-30-25(12)36/h7-9,12-13,15-16,18,20,24,31,34H,1-6,10-11H2,(H,30,36)(H,32,37)/t12-,13?,15+,16+,18-,20+,24+/m1/s1. The lowest BCUT2D eigenvalue weighted by Crippen LogP contribution is -2.53. The molecule has 4 aliphatic rings. The first-order valence-corrected chi connectivity index (χ1v) is 14.0. The molecule has 202 valence electrons. The van der Waals surface area contributed by atoms with Gasteiger partial charge in [-0.25, -0.2) is 0 Å². The minimum Gasteiger partial charge on any atom is -0.389 e. The van der Waals surface area contributed by atoms with Gasteiger partial charge in [-0.15, -0.1) is 0 Å². The van der Waals surface area contributed by atoms with E-state index in [1.807, 2.05) is 0 Å². The lowest BCUT2D eigenvalue weighted by Gasteiger charge is -2.29. The van der Waals surface area contributed by atoms with E-state index in [2.05, 4.69) is 15.6 Å². The van der Waals surface area contributed by atoms with E-state index in [-0.39, 0.29) is 41.9 Å². The average molecular weight is 561 g/mol. The molecule has 11 heteroatoms. The summed E-state index contributed by atoms with van der Waals surface area (Å²) in [5.41, 5.74) is 0.961. The Bertz CT molecular complexity index is 1330. The maximum absolute atomic E-state index is 13.8. The molecule has 38 heavy (non-hydrogen) atoms. The fourth-order valence-electron chi connectivity index (χ4n) is 7.06. The summed E-state index contributed by atoms with van der Waals surface area (Å²) >= 11 is 12.5. The van der Waals surface area contributed by atoms with Gasteiger partial charge in [0.05, 0.1) is 11.1 Å². The number of likely N-dealkylation sites (tertiary alicyclic amines) is 1. The summed E-state index contributed by atoms with van der Waals surface area (Å²) in [7, 11) is 0. The molecule has 3 amide bonds. The van der Waals surface area contributed by atoms with Gasteiger partial charge in [0, 0.05) is 34.9 Å². The number of halogens is 2. The van der Waals surface area contributed by atoms with Gasteiger partial charge in [0.1, 0.15) is 18.3 Å². The molecule has 2 aromatic rings. The molecule has 4 N–H and O–H groups in total. The van der Waals surface area contributed by atoms with E-state index in [1.54, 1.807) is 23.1 Å². The predicted octanol–water partition coefficient (Wildman–Crippen LogP) is 2.53. The van der Waals surface area contributed by atoms with E-state index >= 15 is 0 Å². The number of aliphatic hydroxyl groups excluding tert-OH is 1. The minimum absolute atomic E-state index is 0.0237. The zero-order valence-corrected chi connectivity index (χ0v) is 22.2. The predicted molar refractivity (Wildman–Crippen MR) is 141 cm³/mol. The molecular formula is C27H30Cl2N4O5. The maximum Gasteiger partial charge on any atom is 0.271 e. The summed E-state index contributed by atoms with van der Waals surface area (Å²) in [4.78, 5) is 56.8. The van der Waals surface area contributed by atoms with Crippen LogP contribution in [0.1, 0.15) is 42.6 Å². The van der Waals surface area contributed by atoms with Crippen LogP contribution in [0.25, 0.3) is 10.9 Å². The molecule has 7 atom stereocenters. The third kappa shape index (κ3) is 4.48. The number of hydrogen-bond acceptors (Lipinski definition) is 5. The first-order valence-electron chi connectivity index (χ1n) is 13.3. The van der Waals surface area contributed by atoms with E-state index in [0.29, 0.717) is 64.4 Å². The molecule has 2 saturated carbocycles. The molecule has 3 heterocycles. The van der Waals surface area contributed by atoms with Crippen LogP contribution in [0.4, 0.5) is 0 Å². The molecule has 9 nitrogen and oxygen atoms in total. The Labute approximate surface area is 229 Å². The zero-order chi connectivity index (χ0) is 26.7. The Kier molecular flexibility index (Phi) is 6.64. The van der Waals surface area contributed by atoms with E-state index in [4.69, 9.17) is 23.2 Å². The molecule has 1 aromatic carbocycles. The highest BCUT2D eigenvalue weighted by atomic mass is 35.5. The third-order valence-electron chi connectivity index (χ3n) is 9.04. The number of nitrogens with zero attached hydrogens (tertiary/aromatic N) is 1. The lowest BCUT2D eigenvalue weighted by molar-refractivity contribution is -0.132. The maximum atomic E-state index is 13.8. The Morgan fingerprint density at radius 1 is 1.13 bits per heavy atom. The van der Waals surface area contributed by atoms with Crippen LogP contribution in [0.2, 0.25) is 10.0 Å². The van der Waals surface area contributed by atoms with Gasteiger partial charge in [0.15, 0.2) is 5.78 Å². The summed E-state index contributed by atoms with van der Waals surface area (Å²) in [6.07, 6.45) is 3.39. The van der Waals surface area contributed by atoms with Gasteiger partial charge in [0.2, 0.25) is 11.8 Å². The van der Waals surface area contributed by atoms with Gasteiger partial charge in [-0.1, -0.05) is 23.2 Å². The number of ketones is 1. The van der Waals surface area contributed by atoms with Gasteiger partial charge in [0.25, 0.3) is 5.91 Å². The second-order valence-electron chi connectivity index (χ2n) is 11.2. The van der Waals surface area contributed by atoms with Crippen molar-refractivity contribution in [1.82, 2.24) is 20.5 Å². The number of carbonyl (C=O) groups excluding carboxylic acids is 4. The SMILES string of the molecule is O=C1NCC[C@H]1CC[C@H](NC(=O)[C@@H]1[C@H]2CC3C[C@@H]3[C@H]2CN1C(=O)c1cc2c(Cl)cc(Cl)cc2[nH]1)C(=O)CO. The normalized spacial score (nSPS) is 30.2. The highest BCUT2D eigenvalue weighted by molar-refractivity contribution is 6.38. The molecule has 0 spiro atoms. The van der Waals surface area contributed by atoms with Crippen LogP contribution in [-0.4, -0.2) is 70.3 Å². The summed E-state index contributed by atoms with van der Waals surface area (Å²) < 4.78 is 0. The van der Waals surface area contributed by atoms with Gasteiger partial charge in [-0.2, -0.15) is 0 Å². The van der Waals surface area contributed by atoms with Crippen molar-refractivity contribution in [2.24, 2.45) is 29.6 Å². The molecule has 1 unspecified atom stereocenters. The fourth-order valence-corrected chi connectivity index (χ4v) is 7.61. The van der Waals surface area contributed by atoms with Crippen LogP contribution in [0.3, 0.4) is 0 Å². The largest absolute Gasteiger partial charge is 0.389 e. The van der Waals surface area contributed by atoms with Crippen molar-refractivity contribution in [3.63, 3.8) is 0 Å². The molecule has 2 aliphatic carbocycles. The molecule has 1 aromatic heterocycles. The number of aromatic nitrogens is 1. The van der Waals surface area contributed by atoms with Crippen LogP contribution in [0.15, 0.2) is 18.2 Å². The minimum atomic E-state index is -0.915. The highest BCUT2D eigenvalue weighted by Crippen LogP contribution is 2.62. The Hall–Kier alpha value is -2.62. The van der Waals surface area contributed by atoms with Crippen LogP contribution in [0.5, 0.6) is 0 Å². The number of rotatable bonds is 8. The first kappa shape index (κ1) is 25.6. The van der Waals surface area contributed by atoms with Crippen molar-refractivity contribution in [2.45, 2.75) is 44.2 Å². The quantitative estimate of drug-likeness (QED) is 0.394. The monoisotopic (exact) mass is 560 g/mol. The molecule has 0 bridgehead atoms. The summed E-state index contributed by atoms with van der Waals surface area (Å²) in [6, 6.07) is 3.37. The third-order valence-corrected chi connectivity index (χ3v) is 9.57. The van der Waals surface area contributed by atoms with Crippen molar-refractivity contribution in [3.05, 3.63) is 33.9 Å². The van der Waals surface area contributed by atoms with Crippen molar-refractivity contribution in [3.8, 4) is 0 Å². The molecular weight excluding hydrogens is 531 g/mol. The first-order chi connectivity index (χ1) is 18.2. The average Bonchev–Trinajstić information content (AvgIpc) is 3.24. The fraction of sp³-hybridized carbons (Fsp3) is 0.556. The molecule has 0 radical (unpaired) electrons. The second-order valence-corrected chi connectivity index (χ2v) is 12.0. The van der Waals surface area contributed by atoms with Gasteiger partial charge in [-0.3, -0.25) is 19.2 Å². The number of aliphatic hydroxyl groups is 1. The topological polar surface area (TPSA) is 132 Å². The van der Waals surface area contributed by atoms with E-state index in [1.165, 1.54) is 0 Å². The van der Waals surface area contributed by atoms with E-state index in [9.17, 15) is 24.3 Å². The number of benzene rings is 1. The Morgan fingerprint density at radius 2 is 1.92 bits per heavy atom. The van der Waals surface area contributed by atoms with Crippen molar-refractivity contribution < 1.29 is 24.3 Å². The van der Waals surface area contributed by atoms with Crippen molar-refractivity contribution in [2.75, 3.05) is 19.7 Å². The van der Waals surface area contributed by atoms with Crippen LogP contribution >= 0.6 is 23.2 Å². The van der Waals surface area contributed by atoms with Gasteiger partial charge >= 0.3 is 0 Å². The summed E-state index contributed by atoms with van der Waals surface area (Å²) in [5.74, 6) is -0.0413. The van der Waals surface area contributed by atoms with E-state index in [0.717, 1.165) is 12.8 Å². The molecule has 2 saturated heterocycles. The lowest BCUT2D eigenvalue weighted by atomic mass is 9.88. The molecule has 4 fully saturated rings. The molecule has 6 rings (SSSR count). The van der Waals surface area contributed by atoms with E-state index < -0.39 is 24.5 Å². The number of carbonyl (C=O) groups is 4. The smallest absolute Gasteiger partial charge is 0.271 e. The Morgan fingerprint density at radius 3 is 2.66 bits per heavy atom. The summed E-state index contributed by atoms with van der Waals surface area (Å²) in [5, 5.41) is 16.7. The van der Waals surface area contributed by atoms with Gasteiger partial charge < -0.3 is 25.6 Å². The van der Waals surface area contributed by atoms with Crippen molar-refractivity contribution in [1.29, 1.82) is 0 Å². The van der Waals surface area contributed by atoms with Crippen LogP contribution in [0, 0.1) is 29.6 Å². The van der Waals surface area contributed by atoms with Crippen molar-refractivity contribution >= 4 is 57.6 Å². The number of amides is 3. The number of aromatic amines is 1. The van der Waals surface area contributed by atoms with Crippen LogP contribution < -0.4 is 10.6 Å². The number of Topliss-reactive ketones (excluding diaryl/α,β-unsaturated/α-hetero) is 1. The summed E-state index contributed by atoms with van der Waals surface area (Å²) in [6.45, 7) is 0.376. The van der Waals surface area contributed by atoms with Gasteiger partial charge in [-0.05, 0) is 74.0 Å². The number of fused-ring (bicyclic) bond motifs is 4. The highest BCUT2D eigenvalue weighted by Gasteiger charge is 2.62. The second kappa shape index (κ2) is 9.84. The van der Waals surface area contributed by atoms with Crippen LogP contribution in [-0.2, 0) is 14.4 Å². The number of hydrogen-bond donors (Lipinski definition) is 4. The zero-order valence-electron chi connectivity index (χ0n) is 20.7. The Balaban J connectivity index is 1.24.